The van der Waals surface area contributed by atoms with Crippen molar-refractivity contribution < 1.29 is 13.2 Å². The van der Waals surface area contributed by atoms with Crippen LogP contribution in [0.3, 0.4) is 0 Å². The van der Waals surface area contributed by atoms with E-state index in [0.29, 0.717) is 30.3 Å². The first-order valence-corrected chi connectivity index (χ1v) is 8.28. The summed E-state index contributed by atoms with van der Waals surface area (Å²) in [6.07, 6.45) is 1.13. The van der Waals surface area contributed by atoms with Crippen LogP contribution in [0.5, 0.6) is 0 Å². The fraction of sp³-hybridized carbons (Fsp3) is 1.00. The fourth-order valence-electron chi connectivity index (χ4n) is 3.80. The molecule has 0 aromatic rings. The van der Waals surface area contributed by atoms with E-state index in [1.54, 1.807) is 4.90 Å². The molecule has 0 spiro atoms. The minimum Gasteiger partial charge on any atom is -0.317 e. The Hall–Kier alpha value is -0.290. The van der Waals surface area contributed by atoms with Gasteiger partial charge in [-0.15, -0.1) is 0 Å². The molecular weight excluding hydrogens is 277 g/mol. The Bertz CT molecular complexity index is 326. The predicted molar refractivity (Wildman–Crippen MR) is 79.2 cm³/mol. The van der Waals surface area contributed by atoms with Gasteiger partial charge in [-0.3, -0.25) is 4.90 Å². The second kappa shape index (κ2) is 6.86. The van der Waals surface area contributed by atoms with E-state index < -0.39 is 12.7 Å². The van der Waals surface area contributed by atoms with Gasteiger partial charge in [-0.05, 0) is 56.9 Å². The Morgan fingerprint density at radius 3 is 2.29 bits per heavy atom. The van der Waals surface area contributed by atoms with Gasteiger partial charge in [0.1, 0.15) is 0 Å². The summed E-state index contributed by atoms with van der Waals surface area (Å²) in [4.78, 5) is 1.69. The molecule has 0 amide bonds. The quantitative estimate of drug-likeness (QED) is 0.805. The third kappa shape index (κ3) is 5.13. The number of hydrogen-bond acceptors (Lipinski definition) is 2. The summed E-state index contributed by atoms with van der Waals surface area (Å²) in [5.41, 5.74) is 0. The molecule has 0 aromatic carbocycles. The first-order valence-electron chi connectivity index (χ1n) is 8.28. The number of halogens is 3. The van der Waals surface area contributed by atoms with Crippen LogP contribution in [0.25, 0.3) is 0 Å². The molecular formula is C16H29F3N2. The van der Waals surface area contributed by atoms with Gasteiger partial charge in [-0.2, -0.15) is 13.2 Å². The van der Waals surface area contributed by atoms with Crippen LogP contribution < -0.4 is 5.32 Å². The summed E-state index contributed by atoms with van der Waals surface area (Å²) in [5, 5.41) is 3.33. The van der Waals surface area contributed by atoms with Gasteiger partial charge in [0.25, 0.3) is 0 Å². The summed E-state index contributed by atoms with van der Waals surface area (Å²) in [6, 6.07) is 0.540. The Morgan fingerprint density at radius 1 is 1.14 bits per heavy atom. The van der Waals surface area contributed by atoms with Crippen molar-refractivity contribution in [3.8, 4) is 0 Å². The van der Waals surface area contributed by atoms with Crippen molar-refractivity contribution >= 4 is 0 Å². The lowest BCUT2D eigenvalue weighted by Gasteiger charge is -2.40. The molecule has 0 saturated heterocycles. The van der Waals surface area contributed by atoms with E-state index >= 15 is 0 Å². The van der Waals surface area contributed by atoms with Gasteiger partial charge in [0.2, 0.25) is 0 Å². The molecule has 2 nitrogen and oxygen atoms in total. The lowest BCUT2D eigenvalue weighted by Crippen LogP contribution is -2.47. The lowest BCUT2D eigenvalue weighted by atomic mass is 9.73. The number of rotatable bonds is 6. The van der Waals surface area contributed by atoms with Gasteiger partial charge >= 0.3 is 6.18 Å². The molecule has 2 fully saturated rings. The monoisotopic (exact) mass is 306 g/mol. The molecule has 3 unspecified atom stereocenters. The van der Waals surface area contributed by atoms with Crippen LogP contribution in [0.4, 0.5) is 13.2 Å². The standard InChI is InChI=1S/C16H29F3N2/c1-11(2)12-4-7-15(20-3)13(8-12)9-21(14-5-6-14)10-16(17,18)19/h11-15,20H,4-10H2,1-3H3. The van der Waals surface area contributed by atoms with Gasteiger partial charge in [-0.25, -0.2) is 0 Å². The largest absolute Gasteiger partial charge is 0.401 e. The van der Waals surface area contributed by atoms with Gasteiger partial charge in [0.05, 0.1) is 6.54 Å². The van der Waals surface area contributed by atoms with Crippen molar-refractivity contribution in [2.75, 3.05) is 20.1 Å². The molecule has 3 atom stereocenters. The van der Waals surface area contributed by atoms with E-state index in [9.17, 15) is 13.2 Å². The third-order valence-corrected chi connectivity index (χ3v) is 5.25. The zero-order valence-electron chi connectivity index (χ0n) is 13.4. The Morgan fingerprint density at radius 2 is 1.81 bits per heavy atom. The van der Waals surface area contributed by atoms with Crippen LogP contribution in [0.1, 0.15) is 46.0 Å². The first kappa shape index (κ1) is 17.1. The van der Waals surface area contributed by atoms with E-state index in [2.05, 4.69) is 19.2 Å². The molecule has 0 aliphatic heterocycles. The van der Waals surface area contributed by atoms with Crippen LogP contribution >= 0.6 is 0 Å². The molecule has 5 heteroatoms. The van der Waals surface area contributed by atoms with Gasteiger partial charge in [-0.1, -0.05) is 13.8 Å². The molecule has 2 aliphatic carbocycles. The van der Waals surface area contributed by atoms with E-state index in [1.807, 2.05) is 7.05 Å². The normalized spacial score (nSPS) is 31.1. The molecule has 21 heavy (non-hydrogen) atoms. The zero-order valence-corrected chi connectivity index (χ0v) is 13.4. The first-order chi connectivity index (χ1) is 9.80. The molecule has 2 aliphatic rings. The second-order valence-corrected chi connectivity index (χ2v) is 7.25. The molecule has 0 aromatic heterocycles. The predicted octanol–water partition coefficient (Wildman–Crippen LogP) is 3.67. The highest BCUT2D eigenvalue weighted by atomic mass is 19.4. The summed E-state index contributed by atoms with van der Waals surface area (Å²) in [7, 11) is 1.94. The van der Waals surface area contributed by atoms with Crippen molar-refractivity contribution in [1.29, 1.82) is 0 Å². The number of nitrogens with zero attached hydrogens (tertiary/aromatic N) is 1. The average Bonchev–Trinajstić information content (AvgIpc) is 3.20. The van der Waals surface area contributed by atoms with Crippen molar-refractivity contribution in [3.63, 3.8) is 0 Å². The fourth-order valence-corrected chi connectivity index (χ4v) is 3.80. The Labute approximate surface area is 126 Å². The minimum absolute atomic E-state index is 0.170. The summed E-state index contributed by atoms with van der Waals surface area (Å²) >= 11 is 0. The van der Waals surface area contributed by atoms with Crippen LogP contribution in [-0.4, -0.2) is 43.3 Å². The van der Waals surface area contributed by atoms with Crippen molar-refractivity contribution in [2.24, 2.45) is 17.8 Å². The van der Waals surface area contributed by atoms with Crippen molar-refractivity contribution in [2.45, 2.75) is 64.2 Å². The molecule has 0 heterocycles. The summed E-state index contributed by atoms with van der Waals surface area (Å²) in [6.45, 7) is 4.32. The Kier molecular flexibility index (Phi) is 5.58. The van der Waals surface area contributed by atoms with Crippen LogP contribution in [0.15, 0.2) is 0 Å². The number of nitrogens with one attached hydrogen (secondary N) is 1. The maximum Gasteiger partial charge on any atom is 0.401 e. The number of hydrogen-bond donors (Lipinski definition) is 1. The maximum atomic E-state index is 12.8. The third-order valence-electron chi connectivity index (χ3n) is 5.25. The summed E-state index contributed by atoms with van der Waals surface area (Å²) in [5.74, 6) is 1.63. The van der Waals surface area contributed by atoms with Gasteiger partial charge < -0.3 is 5.32 Å². The van der Waals surface area contributed by atoms with Gasteiger partial charge in [0.15, 0.2) is 0 Å². The van der Waals surface area contributed by atoms with E-state index in [0.717, 1.165) is 25.7 Å². The zero-order chi connectivity index (χ0) is 15.6. The highest BCUT2D eigenvalue weighted by Crippen LogP contribution is 2.37. The minimum atomic E-state index is -4.08. The Balaban J connectivity index is 1.98. The van der Waals surface area contributed by atoms with Gasteiger partial charge in [0, 0.05) is 18.6 Å². The molecule has 2 saturated carbocycles. The highest BCUT2D eigenvalue weighted by molar-refractivity contribution is 4.92. The molecule has 1 N–H and O–H groups in total. The molecule has 124 valence electrons. The van der Waals surface area contributed by atoms with Crippen molar-refractivity contribution in [1.82, 2.24) is 10.2 Å². The van der Waals surface area contributed by atoms with Crippen LogP contribution in [0.2, 0.25) is 0 Å². The SMILES string of the molecule is CNC1CCC(C(C)C)CC1CN(CC(F)(F)F)C1CC1. The lowest BCUT2D eigenvalue weighted by molar-refractivity contribution is -0.149. The number of alkyl halides is 3. The molecule has 2 rings (SSSR count). The van der Waals surface area contributed by atoms with E-state index in [1.165, 1.54) is 6.42 Å². The van der Waals surface area contributed by atoms with E-state index in [-0.39, 0.29) is 6.04 Å². The smallest absolute Gasteiger partial charge is 0.317 e. The molecule has 0 radical (unpaired) electrons. The average molecular weight is 306 g/mol. The maximum absolute atomic E-state index is 12.8. The van der Waals surface area contributed by atoms with Crippen LogP contribution in [-0.2, 0) is 0 Å². The topological polar surface area (TPSA) is 15.3 Å². The summed E-state index contributed by atoms with van der Waals surface area (Å²) < 4.78 is 38.3. The van der Waals surface area contributed by atoms with Crippen molar-refractivity contribution in [3.05, 3.63) is 0 Å². The van der Waals surface area contributed by atoms with E-state index in [4.69, 9.17) is 0 Å². The van der Waals surface area contributed by atoms with Crippen LogP contribution in [0, 0.1) is 17.8 Å². The highest BCUT2D eigenvalue weighted by Gasteiger charge is 2.41. The second-order valence-electron chi connectivity index (χ2n) is 7.25. The molecule has 0 bridgehead atoms.